The maximum absolute atomic E-state index is 13.1. The van der Waals surface area contributed by atoms with E-state index in [0.29, 0.717) is 13.0 Å². The number of fused-ring (bicyclic) bond motifs is 3. The zero-order chi connectivity index (χ0) is 16.7. The molecule has 0 radical (unpaired) electrons. The lowest BCUT2D eigenvalue weighted by molar-refractivity contribution is 0.313. The van der Waals surface area contributed by atoms with E-state index in [9.17, 15) is 8.42 Å². The van der Waals surface area contributed by atoms with Crippen molar-refractivity contribution in [1.82, 2.24) is 19.1 Å². The zero-order valence-corrected chi connectivity index (χ0v) is 14.6. The van der Waals surface area contributed by atoms with Crippen LogP contribution in [0.15, 0.2) is 30.3 Å². The highest BCUT2D eigenvalue weighted by Gasteiger charge is 2.44. The van der Waals surface area contributed by atoms with E-state index in [1.165, 1.54) is 0 Å². The molecule has 6 nitrogen and oxygen atoms in total. The van der Waals surface area contributed by atoms with Crippen molar-refractivity contribution >= 4 is 10.0 Å². The summed E-state index contributed by atoms with van der Waals surface area (Å²) in [6.07, 6.45) is 3.31. The first-order valence-electron chi connectivity index (χ1n) is 8.54. The van der Waals surface area contributed by atoms with Crippen LogP contribution in [0.3, 0.4) is 0 Å². The van der Waals surface area contributed by atoms with E-state index in [-0.39, 0.29) is 17.8 Å². The number of hydrogen-bond donors (Lipinski definition) is 0. The summed E-state index contributed by atoms with van der Waals surface area (Å²) in [6, 6.07) is 9.46. The lowest BCUT2D eigenvalue weighted by Gasteiger charge is -2.27. The third-order valence-corrected chi connectivity index (χ3v) is 7.03. The molecule has 1 aromatic carbocycles. The molecule has 3 heterocycles. The Morgan fingerprint density at radius 2 is 1.88 bits per heavy atom. The molecule has 0 N–H and O–H groups in total. The number of aromatic nitrogens is 3. The molecule has 0 saturated carbocycles. The third kappa shape index (κ3) is 2.65. The number of hydrogen-bond acceptors (Lipinski definition) is 4. The summed E-state index contributed by atoms with van der Waals surface area (Å²) in [5, 5.41) is 8.55. The summed E-state index contributed by atoms with van der Waals surface area (Å²) in [6.45, 7) is 2.74. The van der Waals surface area contributed by atoms with Gasteiger partial charge in [-0.1, -0.05) is 37.3 Å². The van der Waals surface area contributed by atoms with Gasteiger partial charge in [-0.15, -0.1) is 10.2 Å². The third-order valence-electron chi connectivity index (χ3n) is 5.10. The van der Waals surface area contributed by atoms with E-state index in [2.05, 4.69) is 21.7 Å². The fraction of sp³-hybridized carbons (Fsp3) is 0.529. The molecule has 2 aliphatic rings. The van der Waals surface area contributed by atoms with Gasteiger partial charge in [0.2, 0.25) is 10.0 Å². The van der Waals surface area contributed by atoms with Crippen LogP contribution in [0.2, 0.25) is 0 Å². The Morgan fingerprint density at radius 3 is 2.62 bits per heavy atom. The van der Waals surface area contributed by atoms with Gasteiger partial charge >= 0.3 is 0 Å². The van der Waals surface area contributed by atoms with Crippen molar-refractivity contribution < 1.29 is 8.42 Å². The smallest absolute Gasteiger partial charge is 0.218 e. The number of nitrogens with zero attached hydrogens (tertiary/aromatic N) is 4. The second-order valence-electron chi connectivity index (χ2n) is 6.66. The van der Waals surface area contributed by atoms with Gasteiger partial charge in [-0.2, -0.15) is 4.31 Å². The number of rotatable bonds is 4. The standard InChI is InChI=1S/C17H22N4O2S/c1-2-16-18-19-17-10-14-8-9-15(11-20(16)17)21(14)24(22,23)12-13-6-4-3-5-7-13/h3-7,14-15H,2,8-12H2,1H3/t14-,15+/m0/s1. The van der Waals surface area contributed by atoms with Crippen molar-refractivity contribution in [3.05, 3.63) is 47.5 Å². The summed E-state index contributed by atoms with van der Waals surface area (Å²) < 4.78 is 30.1. The van der Waals surface area contributed by atoms with Crippen molar-refractivity contribution in [2.45, 2.75) is 57.0 Å². The minimum absolute atomic E-state index is 0.0128. The first-order valence-corrected chi connectivity index (χ1v) is 10.2. The van der Waals surface area contributed by atoms with Gasteiger partial charge in [0.05, 0.1) is 5.75 Å². The van der Waals surface area contributed by atoms with Crippen molar-refractivity contribution in [2.75, 3.05) is 0 Å². The molecule has 0 spiro atoms. The summed E-state index contributed by atoms with van der Waals surface area (Å²) in [5.74, 6) is 1.96. The minimum atomic E-state index is -3.34. The highest BCUT2D eigenvalue weighted by molar-refractivity contribution is 7.88. The topological polar surface area (TPSA) is 68.1 Å². The highest BCUT2D eigenvalue weighted by atomic mass is 32.2. The lowest BCUT2D eigenvalue weighted by Crippen LogP contribution is -2.42. The van der Waals surface area contributed by atoms with Crippen molar-refractivity contribution in [1.29, 1.82) is 0 Å². The predicted octanol–water partition coefficient (Wildman–Crippen LogP) is 1.76. The van der Waals surface area contributed by atoms with Crippen LogP contribution < -0.4 is 0 Å². The molecule has 2 atom stereocenters. The molecule has 7 heteroatoms. The number of sulfonamides is 1. The van der Waals surface area contributed by atoms with Crippen LogP contribution in [0.1, 0.15) is 37.0 Å². The van der Waals surface area contributed by atoms with Crippen LogP contribution >= 0.6 is 0 Å². The quantitative estimate of drug-likeness (QED) is 0.846. The van der Waals surface area contributed by atoms with Crippen molar-refractivity contribution in [2.24, 2.45) is 0 Å². The van der Waals surface area contributed by atoms with Crippen LogP contribution in [-0.4, -0.2) is 39.6 Å². The van der Waals surface area contributed by atoms with Crippen molar-refractivity contribution in [3.63, 3.8) is 0 Å². The molecule has 0 amide bonds. The molecular weight excluding hydrogens is 324 g/mol. The molecule has 2 aromatic rings. The second kappa shape index (κ2) is 5.97. The maximum Gasteiger partial charge on any atom is 0.218 e. The largest absolute Gasteiger partial charge is 0.313 e. The molecule has 1 saturated heterocycles. The Hall–Kier alpha value is -1.73. The summed E-state index contributed by atoms with van der Waals surface area (Å²) in [7, 11) is -3.34. The van der Waals surface area contributed by atoms with E-state index in [0.717, 1.165) is 36.5 Å². The van der Waals surface area contributed by atoms with Crippen molar-refractivity contribution in [3.8, 4) is 0 Å². The summed E-state index contributed by atoms with van der Waals surface area (Å²) in [5.41, 5.74) is 0.842. The molecule has 128 valence electrons. The monoisotopic (exact) mass is 346 g/mol. The normalized spacial score (nSPS) is 23.9. The van der Waals surface area contributed by atoms with Gasteiger partial charge in [0, 0.05) is 31.5 Å². The van der Waals surface area contributed by atoms with E-state index < -0.39 is 10.0 Å². The average molecular weight is 346 g/mol. The Bertz CT molecular complexity index is 832. The molecular formula is C17H22N4O2S. The minimum Gasteiger partial charge on any atom is -0.313 e. The van der Waals surface area contributed by atoms with Gasteiger partial charge < -0.3 is 4.57 Å². The molecule has 1 aromatic heterocycles. The summed E-state index contributed by atoms with van der Waals surface area (Å²) >= 11 is 0. The highest BCUT2D eigenvalue weighted by Crippen LogP contribution is 2.34. The van der Waals surface area contributed by atoms with Gasteiger partial charge in [-0.05, 0) is 18.4 Å². The average Bonchev–Trinajstić information content (AvgIpc) is 3.08. The van der Waals surface area contributed by atoms with Crippen LogP contribution in [0, 0.1) is 0 Å². The molecule has 0 unspecified atom stereocenters. The Morgan fingerprint density at radius 1 is 1.12 bits per heavy atom. The Labute approximate surface area is 142 Å². The zero-order valence-electron chi connectivity index (χ0n) is 13.8. The Kier molecular flexibility index (Phi) is 3.92. The van der Waals surface area contributed by atoms with E-state index in [1.807, 2.05) is 30.3 Å². The van der Waals surface area contributed by atoms with Crippen LogP contribution in [0.4, 0.5) is 0 Å². The summed E-state index contributed by atoms with van der Waals surface area (Å²) in [4.78, 5) is 0. The van der Waals surface area contributed by atoms with E-state index in [1.54, 1.807) is 4.31 Å². The van der Waals surface area contributed by atoms with Gasteiger partial charge in [-0.25, -0.2) is 8.42 Å². The predicted molar refractivity (Wildman–Crippen MR) is 90.8 cm³/mol. The molecule has 4 rings (SSSR count). The van der Waals surface area contributed by atoms with Gasteiger partial charge in [0.1, 0.15) is 11.6 Å². The number of benzene rings is 1. The second-order valence-corrected chi connectivity index (χ2v) is 8.53. The van der Waals surface area contributed by atoms with Gasteiger partial charge in [-0.3, -0.25) is 0 Å². The molecule has 0 aliphatic carbocycles. The van der Waals surface area contributed by atoms with Crippen LogP contribution in [0.5, 0.6) is 0 Å². The SMILES string of the molecule is CCc1nnc2n1C[C@H]1CC[C@@H](C2)N1S(=O)(=O)Cc1ccccc1. The number of aryl methyl sites for hydroxylation is 1. The molecule has 2 bridgehead atoms. The fourth-order valence-electron chi connectivity index (χ4n) is 4.03. The van der Waals surface area contributed by atoms with Gasteiger partial charge in [0.15, 0.2) is 0 Å². The van der Waals surface area contributed by atoms with E-state index in [4.69, 9.17) is 0 Å². The van der Waals surface area contributed by atoms with Crippen LogP contribution in [0.25, 0.3) is 0 Å². The first kappa shape index (κ1) is 15.8. The first-order chi connectivity index (χ1) is 11.6. The Balaban J connectivity index is 1.64. The molecule has 1 fully saturated rings. The molecule has 24 heavy (non-hydrogen) atoms. The van der Waals surface area contributed by atoms with Crippen LogP contribution in [-0.2, 0) is 35.2 Å². The van der Waals surface area contributed by atoms with E-state index >= 15 is 0 Å². The van der Waals surface area contributed by atoms with Gasteiger partial charge in [0.25, 0.3) is 0 Å². The lowest BCUT2D eigenvalue weighted by atomic mass is 10.1. The fourth-order valence-corrected chi connectivity index (χ4v) is 6.06. The maximum atomic E-state index is 13.1. The molecule has 2 aliphatic heterocycles.